The minimum absolute atomic E-state index is 0.671. The molecule has 0 saturated carbocycles. The summed E-state index contributed by atoms with van der Waals surface area (Å²) in [7, 11) is 0. The minimum Gasteiger partial charge on any atom is -0.493 e. The summed E-state index contributed by atoms with van der Waals surface area (Å²) < 4.78 is 6.22. The number of piperazine rings is 2. The van der Waals surface area contributed by atoms with Gasteiger partial charge in [-0.15, -0.1) is 0 Å². The van der Waals surface area contributed by atoms with Crippen molar-refractivity contribution in [2.45, 2.75) is 32.4 Å². The van der Waals surface area contributed by atoms with Gasteiger partial charge >= 0.3 is 0 Å². The molecule has 3 fully saturated rings. The van der Waals surface area contributed by atoms with E-state index >= 15 is 0 Å². The van der Waals surface area contributed by atoms with Crippen molar-refractivity contribution in [3.63, 3.8) is 0 Å². The fraction of sp³-hybridized carbons (Fsp3) is 0.727. The Balaban J connectivity index is 1.24. The molecule has 27 heavy (non-hydrogen) atoms. The average molecular weight is 373 g/mol. The van der Waals surface area contributed by atoms with Gasteiger partial charge in [-0.1, -0.05) is 19.1 Å². The van der Waals surface area contributed by atoms with Crippen LogP contribution in [-0.4, -0.2) is 86.3 Å². The van der Waals surface area contributed by atoms with E-state index in [1.165, 1.54) is 70.8 Å². The van der Waals surface area contributed by atoms with Gasteiger partial charge in [-0.25, -0.2) is 0 Å². The number of hydrogen-bond acceptors (Lipinski definition) is 5. The van der Waals surface area contributed by atoms with Crippen molar-refractivity contribution in [2.24, 2.45) is 5.92 Å². The number of likely N-dealkylation sites (N-methyl/N-ethyl adjacent to an activating group) is 1. The lowest BCUT2D eigenvalue weighted by molar-refractivity contribution is 0.0649. The molecule has 4 rings (SSSR count). The van der Waals surface area contributed by atoms with Crippen molar-refractivity contribution in [1.29, 1.82) is 0 Å². The summed E-state index contributed by atoms with van der Waals surface area (Å²) in [5.41, 5.74) is 1.38. The van der Waals surface area contributed by atoms with Gasteiger partial charge in [0.2, 0.25) is 0 Å². The fourth-order valence-electron chi connectivity index (χ4n) is 4.78. The normalized spacial score (nSPS) is 28.0. The maximum atomic E-state index is 6.22. The first-order valence-electron chi connectivity index (χ1n) is 10.9. The fourth-order valence-corrected chi connectivity index (χ4v) is 4.78. The van der Waals surface area contributed by atoms with E-state index in [-0.39, 0.29) is 0 Å². The Bertz CT molecular complexity index is 587. The van der Waals surface area contributed by atoms with Crippen molar-refractivity contribution in [3.8, 4) is 5.75 Å². The number of fused-ring (bicyclic) bond motifs is 1. The number of hydrogen-bond donors (Lipinski definition) is 1. The number of rotatable bonds is 6. The zero-order valence-electron chi connectivity index (χ0n) is 16.9. The zero-order chi connectivity index (χ0) is 18.5. The van der Waals surface area contributed by atoms with Crippen molar-refractivity contribution in [1.82, 2.24) is 20.0 Å². The van der Waals surface area contributed by atoms with Gasteiger partial charge in [0.05, 0.1) is 6.61 Å². The molecule has 0 aromatic heterocycles. The maximum absolute atomic E-state index is 6.22. The van der Waals surface area contributed by atoms with E-state index in [0.717, 1.165) is 31.5 Å². The molecule has 0 unspecified atom stereocenters. The van der Waals surface area contributed by atoms with Gasteiger partial charge in [0.1, 0.15) is 5.75 Å². The van der Waals surface area contributed by atoms with Gasteiger partial charge in [-0.05, 0) is 37.1 Å². The maximum Gasteiger partial charge on any atom is 0.119 e. The van der Waals surface area contributed by atoms with Crippen LogP contribution in [0.5, 0.6) is 5.75 Å². The molecule has 0 aliphatic carbocycles. The van der Waals surface area contributed by atoms with Crippen molar-refractivity contribution >= 4 is 0 Å². The van der Waals surface area contributed by atoms with E-state index in [1.54, 1.807) is 0 Å². The highest BCUT2D eigenvalue weighted by molar-refractivity contribution is 5.28. The van der Waals surface area contributed by atoms with E-state index in [4.69, 9.17) is 4.74 Å². The van der Waals surface area contributed by atoms with Crippen molar-refractivity contribution in [2.75, 3.05) is 65.5 Å². The Hall–Kier alpha value is -1.14. The second-order valence-electron chi connectivity index (χ2n) is 8.47. The Kier molecular flexibility index (Phi) is 6.66. The van der Waals surface area contributed by atoms with Crippen LogP contribution in [0, 0.1) is 5.92 Å². The molecule has 5 heteroatoms. The first-order valence-corrected chi connectivity index (χ1v) is 10.9. The van der Waals surface area contributed by atoms with Crippen LogP contribution >= 0.6 is 0 Å². The number of piperidine rings is 1. The Morgan fingerprint density at radius 1 is 1.07 bits per heavy atom. The van der Waals surface area contributed by atoms with Gasteiger partial charge in [0.15, 0.2) is 0 Å². The second-order valence-corrected chi connectivity index (χ2v) is 8.47. The number of ether oxygens (including phenoxy) is 1. The van der Waals surface area contributed by atoms with Crippen LogP contribution in [-0.2, 0) is 6.54 Å². The van der Waals surface area contributed by atoms with Crippen LogP contribution in [0.2, 0.25) is 0 Å². The Labute approximate surface area is 164 Å². The Morgan fingerprint density at radius 2 is 1.93 bits per heavy atom. The molecule has 3 aliphatic rings. The third-order valence-electron chi connectivity index (χ3n) is 6.58. The highest BCUT2D eigenvalue weighted by atomic mass is 16.5. The number of nitrogens with zero attached hydrogens (tertiary/aromatic N) is 3. The summed E-state index contributed by atoms with van der Waals surface area (Å²) in [6.07, 6.45) is 2.61. The van der Waals surface area contributed by atoms with Crippen molar-refractivity contribution in [3.05, 3.63) is 29.8 Å². The summed E-state index contributed by atoms with van der Waals surface area (Å²) >= 11 is 0. The average Bonchev–Trinajstić information content (AvgIpc) is 2.73. The SMILES string of the molecule is CCN1CCN(Cc2cccc(OC[C@@H]3CC[C@H]4CNCCN4C3)c2)CC1. The van der Waals surface area contributed by atoms with Gasteiger partial charge in [-0.3, -0.25) is 9.80 Å². The number of nitrogens with one attached hydrogen (secondary N) is 1. The van der Waals surface area contributed by atoms with E-state index in [9.17, 15) is 0 Å². The molecule has 1 aromatic rings. The lowest BCUT2D eigenvalue weighted by Crippen LogP contribution is -2.55. The molecule has 150 valence electrons. The lowest BCUT2D eigenvalue weighted by atomic mass is 9.92. The number of benzene rings is 1. The molecule has 3 aliphatic heterocycles. The van der Waals surface area contributed by atoms with Crippen LogP contribution in [0.3, 0.4) is 0 Å². The summed E-state index contributed by atoms with van der Waals surface area (Å²) in [4.78, 5) is 7.76. The van der Waals surface area contributed by atoms with Crippen LogP contribution in [0.4, 0.5) is 0 Å². The Morgan fingerprint density at radius 3 is 2.78 bits per heavy atom. The predicted molar refractivity (Wildman–Crippen MR) is 110 cm³/mol. The molecule has 5 nitrogen and oxygen atoms in total. The highest BCUT2D eigenvalue weighted by Gasteiger charge is 2.30. The van der Waals surface area contributed by atoms with Gasteiger partial charge in [0, 0.05) is 70.9 Å². The largest absolute Gasteiger partial charge is 0.493 e. The third-order valence-corrected chi connectivity index (χ3v) is 6.58. The standard InChI is InChI=1S/C22H36N4O/c1-2-24-10-12-25(13-11-24)16-19-4-3-5-22(14-19)27-18-20-6-7-21-15-23-8-9-26(21)17-20/h3-5,14,20-21,23H,2,6-13,15-18H2,1H3/t20-,21+/m1/s1. The second kappa shape index (κ2) is 9.37. The molecule has 1 aromatic carbocycles. The van der Waals surface area contributed by atoms with Crippen molar-refractivity contribution < 1.29 is 4.74 Å². The van der Waals surface area contributed by atoms with Gasteiger partial charge in [-0.2, -0.15) is 0 Å². The first-order chi connectivity index (χ1) is 13.3. The zero-order valence-corrected chi connectivity index (χ0v) is 16.9. The topological polar surface area (TPSA) is 31.0 Å². The van der Waals surface area contributed by atoms with Crippen LogP contribution in [0.1, 0.15) is 25.3 Å². The highest BCUT2D eigenvalue weighted by Crippen LogP contribution is 2.24. The van der Waals surface area contributed by atoms with Crippen LogP contribution < -0.4 is 10.1 Å². The van der Waals surface area contributed by atoms with E-state index in [1.807, 2.05) is 0 Å². The summed E-state index contributed by atoms with van der Waals surface area (Å²) in [5, 5.41) is 3.52. The van der Waals surface area contributed by atoms with Gasteiger partial charge < -0.3 is 15.0 Å². The quantitative estimate of drug-likeness (QED) is 0.824. The summed E-state index contributed by atoms with van der Waals surface area (Å²) in [5.74, 6) is 1.72. The van der Waals surface area contributed by atoms with E-state index in [0.29, 0.717) is 5.92 Å². The summed E-state index contributed by atoms with van der Waals surface area (Å²) in [6.45, 7) is 14.8. The molecule has 3 saturated heterocycles. The molecule has 0 bridgehead atoms. The molecule has 2 atom stereocenters. The van der Waals surface area contributed by atoms with Crippen LogP contribution in [0.15, 0.2) is 24.3 Å². The minimum atomic E-state index is 0.671. The van der Waals surface area contributed by atoms with Gasteiger partial charge in [0.25, 0.3) is 0 Å². The first kappa shape index (κ1) is 19.2. The molecule has 0 spiro atoms. The third kappa shape index (κ3) is 5.23. The molecular formula is C22H36N4O. The molecule has 0 amide bonds. The monoisotopic (exact) mass is 372 g/mol. The molecule has 3 heterocycles. The molecule has 0 radical (unpaired) electrons. The smallest absolute Gasteiger partial charge is 0.119 e. The van der Waals surface area contributed by atoms with Crippen LogP contribution in [0.25, 0.3) is 0 Å². The lowest BCUT2D eigenvalue weighted by Gasteiger charge is -2.42. The van der Waals surface area contributed by atoms with E-state index < -0.39 is 0 Å². The van der Waals surface area contributed by atoms with E-state index in [2.05, 4.69) is 51.2 Å². The molecule has 1 N–H and O–H groups in total. The predicted octanol–water partition coefficient (Wildman–Crippen LogP) is 1.89. The summed E-state index contributed by atoms with van der Waals surface area (Å²) in [6, 6.07) is 9.52. The molecular weight excluding hydrogens is 336 g/mol.